The quantitative estimate of drug-likeness (QED) is 0.662. The van der Waals surface area contributed by atoms with Gasteiger partial charge in [-0.3, -0.25) is 4.79 Å². The predicted molar refractivity (Wildman–Crippen MR) is 56.4 cm³/mol. The molecule has 0 saturated carbocycles. The first kappa shape index (κ1) is 12.4. The molecule has 7 heteroatoms. The van der Waals surface area contributed by atoms with Crippen LogP contribution in [0.2, 0.25) is 0 Å². The van der Waals surface area contributed by atoms with Crippen molar-refractivity contribution in [2.75, 3.05) is 20.6 Å². The molecular formula is C8H17N3O3S. The summed E-state index contributed by atoms with van der Waals surface area (Å²) >= 11 is 0. The first-order valence-electron chi connectivity index (χ1n) is 4.91. The molecule has 1 rings (SSSR count). The van der Waals surface area contributed by atoms with Gasteiger partial charge in [0.05, 0.1) is 0 Å². The van der Waals surface area contributed by atoms with Crippen LogP contribution in [0.25, 0.3) is 0 Å². The van der Waals surface area contributed by atoms with Gasteiger partial charge < -0.3 is 5.32 Å². The smallest absolute Gasteiger partial charge is 0.279 e. The molecule has 0 aromatic heterocycles. The van der Waals surface area contributed by atoms with Crippen LogP contribution in [0.3, 0.4) is 0 Å². The van der Waals surface area contributed by atoms with Crippen LogP contribution in [0.1, 0.15) is 19.3 Å². The number of carbonyl (C=O) groups excluding carboxylic acids is 1. The van der Waals surface area contributed by atoms with Gasteiger partial charge in [-0.1, -0.05) is 0 Å². The van der Waals surface area contributed by atoms with Crippen molar-refractivity contribution in [3.63, 3.8) is 0 Å². The second-order valence-electron chi connectivity index (χ2n) is 3.74. The molecule has 0 aliphatic carbocycles. The molecule has 0 aromatic carbocycles. The molecule has 1 aliphatic rings. The van der Waals surface area contributed by atoms with Gasteiger partial charge in [-0.15, -0.1) is 0 Å². The Labute approximate surface area is 90.2 Å². The predicted octanol–water partition coefficient (Wildman–Crippen LogP) is -0.949. The van der Waals surface area contributed by atoms with E-state index < -0.39 is 16.3 Å². The zero-order chi connectivity index (χ0) is 11.5. The lowest BCUT2D eigenvalue weighted by Gasteiger charge is -2.18. The van der Waals surface area contributed by atoms with Crippen LogP contribution in [-0.2, 0) is 15.0 Å². The maximum absolute atomic E-state index is 11.5. The third-order valence-corrected chi connectivity index (χ3v) is 3.85. The second kappa shape index (κ2) is 4.91. The Morgan fingerprint density at radius 1 is 1.40 bits per heavy atom. The molecule has 1 amide bonds. The summed E-state index contributed by atoms with van der Waals surface area (Å²) in [7, 11) is -0.669. The number of rotatable bonds is 3. The average molecular weight is 235 g/mol. The summed E-state index contributed by atoms with van der Waals surface area (Å²) in [6.07, 6.45) is 2.30. The fourth-order valence-electron chi connectivity index (χ4n) is 1.34. The zero-order valence-corrected chi connectivity index (χ0v) is 9.80. The number of nitrogens with zero attached hydrogens (tertiary/aromatic N) is 1. The summed E-state index contributed by atoms with van der Waals surface area (Å²) < 4.78 is 26.4. The Morgan fingerprint density at radius 3 is 2.67 bits per heavy atom. The summed E-state index contributed by atoms with van der Waals surface area (Å²) in [5.74, 6) is -0.238. The molecule has 1 unspecified atom stereocenters. The summed E-state index contributed by atoms with van der Waals surface area (Å²) in [5.41, 5.74) is 0. The topological polar surface area (TPSA) is 78.5 Å². The molecule has 1 aliphatic heterocycles. The van der Waals surface area contributed by atoms with E-state index in [1.54, 1.807) is 0 Å². The van der Waals surface area contributed by atoms with E-state index in [4.69, 9.17) is 0 Å². The van der Waals surface area contributed by atoms with E-state index in [1.165, 1.54) is 14.1 Å². The molecule has 0 radical (unpaired) electrons. The van der Waals surface area contributed by atoms with Crippen molar-refractivity contribution in [3.05, 3.63) is 0 Å². The Balaban J connectivity index is 2.67. The Hall–Kier alpha value is -0.660. The van der Waals surface area contributed by atoms with Gasteiger partial charge in [-0.2, -0.15) is 17.4 Å². The van der Waals surface area contributed by atoms with Crippen molar-refractivity contribution >= 4 is 16.1 Å². The van der Waals surface area contributed by atoms with E-state index in [-0.39, 0.29) is 5.91 Å². The molecule has 15 heavy (non-hydrogen) atoms. The highest BCUT2D eigenvalue weighted by Crippen LogP contribution is 2.07. The van der Waals surface area contributed by atoms with Crippen molar-refractivity contribution < 1.29 is 13.2 Å². The van der Waals surface area contributed by atoms with Crippen molar-refractivity contribution in [2.24, 2.45) is 0 Å². The first-order chi connectivity index (χ1) is 6.93. The molecule has 1 atom stereocenters. The normalized spacial score (nSPS) is 23.7. The van der Waals surface area contributed by atoms with Gasteiger partial charge >= 0.3 is 0 Å². The lowest BCUT2D eigenvalue weighted by molar-refractivity contribution is -0.122. The largest absolute Gasteiger partial charge is 0.355 e. The SMILES string of the molecule is CN(C)S(=O)(=O)NC1CCCCNC1=O. The van der Waals surface area contributed by atoms with Crippen LogP contribution in [0.15, 0.2) is 0 Å². The van der Waals surface area contributed by atoms with Gasteiger partial charge in [-0.05, 0) is 19.3 Å². The van der Waals surface area contributed by atoms with Crippen molar-refractivity contribution in [1.29, 1.82) is 0 Å². The Bertz CT molecular complexity index is 326. The minimum Gasteiger partial charge on any atom is -0.355 e. The summed E-state index contributed by atoms with van der Waals surface area (Å²) in [6.45, 7) is 0.624. The zero-order valence-electron chi connectivity index (χ0n) is 8.99. The monoisotopic (exact) mass is 235 g/mol. The van der Waals surface area contributed by atoms with Crippen LogP contribution in [0, 0.1) is 0 Å². The molecule has 1 fully saturated rings. The third kappa shape index (κ3) is 3.44. The lowest BCUT2D eigenvalue weighted by atomic mass is 10.1. The van der Waals surface area contributed by atoms with Gasteiger partial charge in [0.1, 0.15) is 6.04 Å². The molecule has 2 N–H and O–H groups in total. The fourth-order valence-corrected chi connectivity index (χ4v) is 2.13. The molecular weight excluding hydrogens is 218 g/mol. The third-order valence-electron chi connectivity index (χ3n) is 2.31. The Morgan fingerprint density at radius 2 is 2.07 bits per heavy atom. The summed E-state index contributed by atoms with van der Waals surface area (Å²) in [6, 6.07) is -0.639. The van der Waals surface area contributed by atoms with Crippen LogP contribution < -0.4 is 10.0 Å². The average Bonchev–Trinajstić information content (AvgIpc) is 2.31. The number of hydrogen-bond acceptors (Lipinski definition) is 3. The van der Waals surface area contributed by atoms with E-state index in [2.05, 4.69) is 10.0 Å². The van der Waals surface area contributed by atoms with Crippen LogP contribution in [-0.4, -0.2) is 45.3 Å². The van der Waals surface area contributed by atoms with E-state index >= 15 is 0 Å². The van der Waals surface area contributed by atoms with Gasteiger partial charge in [0, 0.05) is 20.6 Å². The molecule has 1 heterocycles. The lowest BCUT2D eigenvalue weighted by Crippen LogP contribution is -2.48. The van der Waals surface area contributed by atoms with E-state index in [9.17, 15) is 13.2 Å². The van der Waals surface area contributed by atoms with Crippen LogP contribution >= 0.6 is 0 Å². The van der Waals surface area contributed by atoms with Gasteiger partial charge in [0.15, 0.2) is 0 Å². The van der Waals surface area contributed by atoms with Gasteiger partial charge in [0.2, 0.25) is 5.91 Å². The highest BCUT2D eigenvalue weighted by atomic mass is 32.2. The van der Waals surface area contributed by atoms with E-state index in [0.717, 1.165) is 17.1 Å². The number of carbonyl (C=O) groups is 1. The first-order valence-corrected chi connectivity index (χ1v) is 6.35. The molecule has 1 saturated heterocycles. The van der Waals surface area contributed by atoms with Crippen molar-refractivity contribution in [3.8, 4) is 0 Å². The van der Waals surface area contributed by atoms with Crippen molar-refractivity contribution in [1.82, 2.24) is 14.3 Å². The standard InChI is InChI=1S/C8H17N3O3S/c1-11(2)15(13,14)10-7-5-3-4-6-9-8(7)12/h7,10H,3-6H2,1-2H3,(H,9,12). The highest BCUT2D eigenvalue weighted by Gasteiger charge is 2.26. The molecule has 0 spiro atoms. The molecule has 6 nitrogen and oxygen atoms in total. The minimum atomic E-state index is -3.52. The maximum atomic E-state index is 11.5. The molecule has 88 valence electrons. The minimum absolute atomic E-state index is 0.238. The van der Waals surface area contributed by atoms with Gasteiger partial charge in [0.25, 0.3) is 10.2 Å². The summed E-state index contributed by atoms with van der Waals surface area (Å²) in [4.78, 5) is 11.5. The Kier molecular flexibility index (Phi) is 4.06. The van der Waals surface area contributed by atoms with E-state index in [0.29, 0.717) is 13.0 Å². The number of hydrogen-bond donors (Lipinski definition) is 2. The van der Waals surface area contributed by atoms with E-state index in [1.807, 2.05) is 0 Å². The fraction of sp³-hybridized carbons (Fsp3) is 0.875. The van der Waals surface area contributed by atoms with Gasteiger partial charge in [-0.25, -0.2) is 0 Å². The molecule has 0 aromatic rings. The number of nitrogens with one attached hydrogen (secondary N) is 2. The highest BCUT2D eigenvalue weighted by molar-refractivity contribution is 7.87. The van der Waals surface area contributed by atoms with Crippen LogP contribution in [0.4, 0.5) is 0 Å². The van der Waals surface area contributed by atoms with Crippen LogP contribution in [0.5, 0.6) is 0 Å². The van der Waals surface area contributed by atoms with Crippen molar-refractivity contribution in [2.45, 2.75) is 25.3 Å². The number of amides is 1. The second-order valence-corrected chi connectivity index (χ2v) is 5.66. The molecule has 0 bridgehead atoms. The summed E-state index contributed by atoms with van der Waals surface area (Å²) in [5, 5.41) is 2.67. The maximum Gasteiger partial charge on any atom is 0.279 e.